The van der Waals surface area contributed by atoms with Gasteiger partial charge < -0.3 is 14.2 Å². The van der Waals surface area contributed by atoms with E-state index in [2.05, 4.69) is 9.97 Å². The minimum atomic E-state index is 0.596. The Kier molecular flexibility index (Phi) is 5.05. The summed E-state index contributed by atoms with van der Waals surface area (Å²) in [6, 6.07) is 13.7. The molecule has 1 aliphatic heterocycles. The average molecular weight is 342 g/mol. The summed E-state index contributed by atoms with van der Waals surface area (Å²) in [5, 5.41) is 0.744. The van der Waals surface area contributed by atoms with Crippen LogP contribution in [0.3, 0.4) is 0 Å². The van der Waals surface area contributed by atoms with Crippen LogP contribution in [0.4, 0.5) is 0 Å². The van der Waals surface area contributed by atoms with E-state index < -0.39 is 0 Å². The van der Waals surface area contributed by atoms with Crippen LogP contribution in [-0.2, 0) is 5.75 Å². The van der Waals surface area contributed by atoms with Gasteiger partial charge >= 0.3 is 0 Å². The van der Waals surface area contributed by atoms with Gasteiger partial charge in [0.2, 0.25) is 5.75 Å². The Balaban J connectivity index is 1.85. The number of hydrogen-bond donors (Lipinski definition) is 0. The molecule has 0 saturated heterocycles. The van der Waals surface area contributed by atoms with Gasteiger partial charge in [0.1, 0.15) is 0 Å². The second kappa shape index (κ2) is 7.40. The standard InChI is InChI=1S/C18H18N2O3S/c1-21-15-10-9-12(16(22-2)17(15)23-3)11-24-18-19-13-7-5-4-6-8-14(13)20-18/h4-10H,11H2,1-3H3. The molecule has 0 N–H and O–H groups in total. The summed E-state index contributed by atoms with van der Waals surface area (Å²) < 4.78 is 16.2. The summed E-state index contributed by atoms with van der Waals surface area (Å²) >= 11 is 1.56. The molecule has 0 bridgehead atoms. The molecule has 1 aliphatic carbocycles. The predicted molar refractivity (Wildman–Crippen MR) is 94.3 cm³/mol. The van der Waals surface area contributed by atoms with Crippen molar-refractivity contribution in [1.82, 2.24) is 9.97 Å². The molecule has 0 aromatic heterocycles. The highest BCUT2D eigenvalue weighted by atomic mass is 32.2. The molecule has 5 nitrogen and oxygen atoms in total. The molecule has 6 heteroatoms. The van der Waals surface area contributed by atoms with Crippen molar-refractivity contribution in [2.75, 3.05) is 21.3 Å². The van der Waals surface area contributed by atoms with Crippen molar-refractivity contribution in [3.8, 4) is 28.6 Å². The van der Waals surface area contributed by atoms with Crippen molar-refractivity contribution in [2.24, 2.45) is 0 Å². The number of hydrogen-bond acceptors (Lipinski definition) is 6. The van der Waals surface area contributed by atoms with Gasteiger partial charge in [-0.3, -0.25) is 0 Å². The summed E-state index contributed by atoms with van der Waals surface area (Å²) in [6.45, 7) is 0. The summed E-state index contributed by atoms with van der Waals surface area (Å²) in [7, 11) is 4.83. The second-order valence-electron chi connectivity index (χ2n) is 4.97. The van der Waals surface area contributed by atoms with Crippen molar-refractivity contribution in [3.05, 3.63) is 48.0 Å². The van der Waals surface area contributed by atoms with E-state index in [1.54, 1.807) is 33.1 Å². The van der Waals surface area contributed by atoms with Crippen molar-refractivity contribution in [3.63, 3.8) is 0 Å². The summed E-state index contributed by atoms with van der Waals surface area (Å²) in [4.78, 5) is 9.11. The number of rotatable bonds is 6. The van der Waals surface area contributed by atoms with E-state index in [1.165, 1.54) is 0 Å². The van der Waals surface area contributed by atoms with Gasteiger partial charge in [-0.05, 0) is 18.2 Å². The minimum absolute atomic E-state index is 0.596. The monoisotopic (exact) mass is 342 g/mol. The van der Waals surface area contributed by atoms with Crippen LogP contribution in [-0.4, -0.2) is 31.3 Å². The lowest BCUT2D eigenvalue weighted by molar-refractivity contribution is 0.323. The molecule has 124 valence electrons. The summed E-state index contributed by atoms with van der Waals surface area (Å²) in [5.74, 6) is 2.59. The zero-order valence-electron chi connectivity index (χ0n) is 13.8. The van der Waals surface area contributed by atoms with Gasteiger partial charge in [-0.2, -0.15) is 0 Å². The van der Waals surface area contributed by atoms with E-state index in [0.717, 1.165) is 22.1 Å². The molecule has 24 heavy (non-hydrogen) atoms. The van der Waals surface area contributed by atoms with Crippen LogP contribution in [0.5, 0.6) is 17.2 Å². The van der Waals surface area contributed by atoms with E-state index in [0.29, 0.717) is 23.0 Å². The Bertz CT molecular complexity index is 779. The van der Waals surface area contributed by atoms with Crippen LogP contribution < -0.4 is 14.2 Å². The predicted octanol–water partition coefficient (Wildman–Crippen LogP) is 3.90. The van der Waals surface area contributed by atoms with Gasteiger partial charge in [0.25, 0.3) is 0 Å². The lowest BCUT2D eigenvalue weighted by Crippen LogP contribution is -1.98. The number of nitrogens with zero attached hydrogens (tertiary/aromatic N) is 2. The molecular formula is C18H18N2O3S. The highest BCUT2D eigenvalue weighted by Gasteiger charge is 2.17. The van der Waals surface area contributed by atoms with Crippen LogP contribution in [0.25, 0.3) is 11.4 Å². The average Bonchev–Trinajstić information content (AvgIpc) is 2.87. The number of thioether (sulfide) groups is 1. The number of methoxy groups -OCH3 is 3. The fourth-order valence-corrected chi connectivity index (χ4v) is 3.27. The Hall–Kier alpha value is -2.47. The van der Waals surface area contributed by atoms with E-state index >= 15 is 0 Å². The molecule has 0 radical (unpaired) electrons. The molecule has 1 heterocycles. The Morgan fingerprint density at radius 3 is 2.04 bits per heavy atom. The Morgan fingerprint density at radius 1 is 0.792 bits per heavy atom. The number of imidazole rings is 1. The maximum Gasteiger partial charge on any atom is 0.203 e. The van der Waals surface area contributed by atoms with Gasteiger partial charge in [0.15, 0.2) is 16.7 Å². The lowest BCUT2D eigenvalue weighted by atomic mass is 10.2. The SMILES string of the molecule is COc1ccc(CSc2nc3cccccc-3n2)c(OC)c1OC. The third-order valence-corrected chi connectivity index (χ3v) is 4.46. The summed E-state index contributed by atoms with van der Waals surface area (Å²) in [6.07, 6.45) is 0. The van der Waals surface area contributed by atoms with E-state index in [4.69, 9.17) is 14.2 Å². The Labute approximate surface area is 145 Å². The van der Waals surface area contributed by atoms with Gasteiger partial charge in [-0.1, -0.05) is 36.0 Å². The second-order valence-corrected chi connectivity index (χ2v) is 5.91. The summed E-state index contributed by atoms with van der Waals surface area (Å²) in [5.41, 5.74) is 2.78. The van der Waals surface area contributed by atoms with Crippen LogP contribution >= 0.6 is 11.8 Å². The maximum atomic E-state index is 5.51. The number of ether oxygens (including phenoxy) is 3. The first-order valence-electron chi connectivity index (χ1n) is 7.40. The highest BCUT2D eigenvalue weighted by Crippen LogP contribution is 2.41. The molecule has 0 fully saturated rings. The first-order chi connectivity index (χ1) is 11.8. The molecule has 3 rings (SSSR count). The largest absolute Gasteiger partial charge is 0.493 e. The van der Waals surface area contributed by atoms with Gasteiger partial charge in [0, 0.05) is 11.3 Å². The molecular weight excluding hydrogens is 324 g/mol. The molecule has 2 aliphatic rings. The Morgan fingerprint density at radius 2 is 1.46 bits per heavy atom. The number of aromatic nitrogens is 2. The number of fused-ring (bicyclic) bond motifs is 1. The molecule has 0 unspecified atom stereocenters. The third kappa shape index (κ3) is 3.23. The quantitative estimate of drug-likeness (QED) is 0.633. The molecule has 0 spiro atoms. The molecule has 0 amide bonds. The van der Waals surface area contributed by atoms with Crippen LogP contribution in [0, 0.1) is 0 Å². The normalized spacial score (nSPS) is 10.6. The van der Waals surface area contributed by atoms with E-state index in [9.17, 15) is 0 Å². The topological polar surface area (TPSA) is 53.5 Å². The molecule has 1 aromatic rings. The zero-order chi connectivity index (χ0) is 16.9. The van der Waals surface area contributed by atoms with Crippen molar-refractivity contribution >= 4 is 11.8 Å². The molecule has 0 atom stereocenters. The minimum Gasteiger partial charge on any atom is -0.493 e. The van der Waals surface area contributed by atoms with E-state index in [1.807, 2.05) is 42.5 Å². The highest BCUT2D eigenvalue weighted by molar-refractivity contribution is 7.98. The van der Waals surface area contributed by atoms with Gasteiger partial charge in [-0.15, -0.1) is 0 Å². The van der Waals surface area contributed by atoms with Crippen molar-refractivity contribution < 1.29 is 14.2 Å². The van der Waals surface area contributed by atoms with Crippen LogP contribution in [0.2, 0.25) is 0 Å². The van der Waals surface area contributed by atoms with E-state index in [-0.39, 0.29) is 0 Å². The third-order valence-electron chi connectivity index (χ3n) is 3.57. The fourth-order valence-electron chi connectivity index (χ4n) is 2.43. The fraction of sp³-hybridized carbons (Fsp3) is 0.222. The van der Waals surface area contributed by atoms with Gasteiger partial charge in [0.05, 0.1) is 32.7 Å². The lowest BCUT2D eigenvalue weighted by Gasteiger charge is -2.15. The van der Waals surface area contributed by atoms with Crippen molar-refractivity contribution in [1.29, 1.82) is 0 Å². The first-order valence-corrected chi connectivity index (χ1v) is 8.38. The smallest absolute Gasteiger partial charge is 0.203 e. The van der Waals surface area contributed by atoms with Crippen molar-refractivity contribution in [2.45, 2.75) is 10.9 Å². The van der Waals surface area contributed by atoms with Gasteiger partial charge in [-0.25, -0.2) is 9.97 Å². The van der Waals surface area contributed by atoms with Crippen LogP contribution in [0.1, 0.15) is 5.56 Å². The molecule has 0 saturated carbocycles. The molecule has 1 aromatic carbocycles. The van der Waals surface area contributed by atoms with Crippen LogP contribution in [0.15, 0.2) is 47.6 Å². The zero-order valence-corrected chi connectivity index (χ0v) is 14.6. The maximum absolute atomic E-state index is 5.51. The first kappa shape index (κ1) is 16.4. The number of benzene rings is 1.